The molecule has 1 aromatic heterocycles. The van der Waals surface area contributed by atoms with Crippen LogP contribution in [0.1, 0.15) is 19.3 Å². The Balaban J connectivity index is 1.30. The maximum Gasteiger partial charge on any atom is 0.186 e. The van der Waals surface area contributed by atoms with Gasteiger partial charge < -0.3 is 15.5 Å². The van der Waals surface area contributed by atoms with Crippen LogP contribution in [0.2, 0.25) is 5.02 Å². The van der Waals surface area contributed by atoms with Gasteiger partial charge in [-0.15, -0.1) is 0 Å². The minimum Gasteiger partial charge on any atom is -0.348 e. The molecule has 24 heavy (non-hydrogen) atoms. The first-order chi connectivity index (χ1) is 11.7. The summed E-state index contributed by atoms with van der Waals surface area (Å²) in [6.45, 7) is 3.39. The molecule has 2 aromatic rings. The molecule has 0 aliphatic carbocycles. The predicted molar refractivity (Wildman–Crippen MR) is 99.2 cm³/mol. The Labute approximate surface area is 150 Å². The van der Waals surface area contributed by atoms with Gasteiger partial charge in [0.1, 0.15) is 6.17 Å². The lowest BCUT2D eigenvalue weighted by Gasteiger charge is -2.32. The van der Waals surface area contributed by atoms with Gasteiger partial charge in [0.05, 0.1) is 10.2 Å². The fourth-order valence-corrected chi connectivity index (χ4v) is 4.82. The van der Waals surface area contributed by atoms with Crippen molar-refractivity contribution < 1.29 is 4.39 Å². The number of nitrogens with zero attached hydrogens (tertiary/aromatic N) is 2. The second-order valence-electron chi connectivity index (χ2n) is 6.72. The van der Waals surface area contributed by atoms with Crippen LogP contribution in [0.4, 0.5) is 9.52 Å². The van der Waals surface area contributed by atoms with Gasteiger partial charge in [-0.1, -0.05) is 22.9 Å². The molecule has 0 amide bonds. The summed E-state index contributed by atoms with van der Waals surface area (Å²) in [5, 5.41) is 8.68. The van der Waals surface area contributed by atoms with Crippen LogP contribution in [0.5, 0.6) is 0 Å². The van der Waals surface area contributed by atoms with E-state index in [1.54, 1.807) is 11.3 Å². The van der Waals surface area contributed by atoms with Crippen molar-refractivity contribution in [2.24, 2.45) is 0 Å². The lowest BCUT2D eigenvalue weighted by Crippen LogP contribution is -2.46. The number of piperidine rings is 1. The van der Waals surface area contributed by atoms with E-state index in [1.807, 2.05) is 18.2 Å². The van der Waals surface area contributed by atoms with Gasteiger partial charge in [-0.05, 0) is 37.5 Å². The molecule has 2 fully saturated rings. The van der Waals surface area contributed by atoms with Crippen molar-refractivity contribution in [3.05, 3.63) is 23.2 Å². The second-order valence-corrected chi connectivity index (χ2v) is 8.16. The molecule has 1 aromatic carbocycles. The third-order valence-electron chi connectivity index (χ3n) is 4.93. The monoisotopic (exact) mass is 368 g/mol. The summed E-state index contributed by atoms with van der Waals surface area (Å²) in [4.78, 5) is 7.10. The average molecular weight is 369 g/mol. The van der Waals surface area contributed by atoms with Crippen molar-refractivity contribution in [3.8, 4) is 0 Å². The maximum atomic E-state index is 13.2. The number of rotatable bonds is 4. The molecule has 0 saturated carbocycles. The molecule has 130 valence electrons. The maximum absolute atomic E-state index is 13.2. The zero-order valence-corrected chi connectivity index (χ0v) is 15.0. The van der Waals surface area contributed by atoms with Crippen molar-refractivity contribution in [2.45, 2.75) is 37.5 Å². The zero-order valence-electron chi connectivity index (χ0n) is 13.5. The van der Waals surface area contributed by atoms with Crippen LogP contribution in [0.15, 0.2) is 18.2 Å². The van der Waals surface area contributed by atoms with Crippen LogP contribution in [0.25, 0.3) is 10.2 Å². The number of aromatic nitrogens is 1. The third kappa shape index (κ3) is 3.67. The summed E-state index contributed by atoms with van der Waals surface area (Å²) < 4.78 is 14.3. The number of fused-ring (bicyclic) bond motifs is 1. The summed E-state index contributed by atoms with van der Waals surface area (Å²) in [6, 6.07) is 6.66. The number of hydrogen-bond acceptors (Lipinski definition) is 5. The van der Waals surface area contributed by atoms with Crippen molar-refractivity contribution >= 4 is 38.3 Å². The summed E-state index contributed by atoms with van der Waals surface area (Å²) in [5.74, 6) is 0. The highest BCUT2D eigenvalue weighted by Crippen LogP contribution is 2.32. The molecule has 0 bridgehead atoms. The van der Waals surface area contributed by atoms with Crippen molar-refractivity contribution in [3.63, 3.8) is 0 Å². The highest BCUT2D eigenvalue weighted by molar-refractivity contribution is 7.22. The van der Waals surface area contributed by atoms with E-state index in [4.69, 9.17) is 16.6 Å². The molecule has 0 spiro atoms. The first kappa shape index (κ1) is 16.5. The van der Waals surface area contributed by atoms with E-state index in [-0.39, 0.29) is 6.04 Å². The van der Waals surface area contributed by atoms with E-state index in [1.165, 1.54) is 0 Å². The summed E-state index contributed by atoms with van der Waals surface area (Å²) in [5.41, 5.74) is 1.02. The van der Waals surface area contributed by atoms with Gasteiger partial charge in [0.2, 0.25) is 0 Å². The van der Waals surface area contributed by atoms with Crippen LogP contribution in [0, 0.1) is 0 Å². The Morgan fingerprint density at radius 3 is 2.96 bits per heavy atom. The number of benzene rings is 1. The molecule has 2 aliphatic rings. The van der Waals surface area contributed by atoms with Gasteiger partial charge in [-0.3, -0.25) is 0 Å². The van der Waals surface area contributed by atoms with E-state index in [9.17, 15) is 4.39 Å². The Morgan fingerprint density at radius 2 is 2.21 bits per heavy atom. The number of anilines is 1. The van der Waals surface area contributed by atoms with Crippen LogP contribution in [0.3, 0.4) is 0 Å². The van der Waals surface area contributed by atoms with E-state index >= 15 is 0 Å². The molecule has 2 atom stereocenters. The highest BCUT2D eigenvalue weighted by Gasteiger charge is 2.26. The lowest BCUT2D eigenvalue weighted by atomic mass is 10.0. The Kier molecular flexibility index (Phi) is 4.90. The molecule has 2 saturated heterocycles. The third-order valence-corrected chi connectivity index (χ3v) is 6.24. The summed E-state index contributed by atoms with van der Waals surface area (Å²) in [6.07, 6.45) is 2.16. The standard InChI is InChI=1S/C17H22ClFN4S/c18-11-1-2-15-16(7-11)24-17(22-15)23-5-3-13(4-6-23)21-10-14-8-12(19)9-20-14/h1-2,7,12-14,20-21H,3-6,8-10H2. The molecule has 3 heterocycles. The number of hydrogen-bond donors (Lipinski definition) is 2. The van der Waals surface area contributed by atoms with Gasteiger partial charge in [0.15, 0.2) is 5.13 Å². The van der Waals surface area contributed by atoms with Crippen molar-refractivity contribution in [2.75, 3.05) is 31.1 Å². The molecule has 0 radical (unpaired) electrons. The quantitative estimate of drug-likeness (QED) is 0.869. The van der Waals surface area contributed by atoms with Crippen LogP contribution < -0.4 is 15.5 Å². The Morgan fingerprint density at radius 1 is 1.38 bits per heavy atom. The molecule has 2 N–H and O–H groups in total. The first-order valence-corrected chi connectivity index (χ1v) is 9.79. The molecule has 4 rings (SSSR count). The molecule has 2 aliphatic heterocycles. The molecule has 7 heteroatoms. The SMILES string of the molecule is FC1CNC(CNC2CCN(c3nc4ccc(Cl)cc4s3)CC2)C1. The van der Waals surface area contributed by atoms with E-state index in [0.29, 0.717) is 19.0 Å². The largest absolute Gasteiger partial charge is 0.348 e. The number of nitrogens with one attached hydrogen (secondary N) is 2. The first-order valence-electron chi connectivity index (χ1n) is 8.59. The Hall–Kier alpha value is -0.950. The van der Waals surface area contributed by atoms with Gasteiger partial charge >= 0.3 is 0 Å². The van der Waals surface area contributed by atoms with Crippen LogP contribution >= 0.6 is 22.9 Å². The predicted octanol–water partition coefficient (Wildman–Crippen LogP) is 3.21. The summed E-state index contributed by atoms with van der Waals surface area (Å²) >= 11 is 7.77. The van der Waals surface area contributed by atoms with Gasteiger partial charge in [0.25, 0.3) is 0 Å². The number of alkyl halides is 1. The summed E-state index contributed by atoms with van der Waals surface area (Å²) in [7, 11) is 0. The van der Waals surface area contributed by atoms with E-state index in [2.05, 4.69) is 15.5 Å². The number of halogens is 2. The highest BCUT2D eigenvalue weighted by atomic mass is 35.5. The van der Waals surface area contributed by atoms with Crippen LogP contribution in [-0.2, 0) is 0 Å². The normalized spacial score (nSPS) is 25.7. The van der Waals surface area contributed by atoms with Crippen molar-refractivity contribution in [1.82, 2.24) is 15.6 Å². The van der Waals surface area contributed by atoms with E-state index < -0.39 is 6.17 Å². The van der Waals surface area contributed by atoms with Gasteiger partial charge in [0, 0.05) is 43.3 Å². The van der Waals surface area contributed by atoms with Crippen molar-refractivity contribution in [1.29, 1.82) is 0 Å². The minimum absolute atomic E-state index is 0.284. The fraction of sp³-hybridized carbons (Fsp3) is 0.588. The van der Waals surface area contributed by atoms with E-state index in [0.717, 1.165) is 52.8 Å². The second kappa shape index (κ2) is 7.12. The zero-order chi connectivity index (χ0) is 16.5. The minimum atomic E-state index is -0.675. The van der Waals surface area contributed by atoms with Gasteiger partial charge in [-0.2, -0.15) is 0 Å². The average Bonchev–Trinajstić information content (AvgIpc) is 3.19. The van der Waals surface area contributed by atoms with Gasteiger partial charge in [-0.25, -0.2) is 9.37 Å². The van der Waals surface area contributed by atoms with Crippen LogP contribution in [-0.4, -0.2) is 49.4 Å². The molecule has 4 nitrogen and oxygen atoms in total. The molecular formula is C17H22ClFN4S. The Bertz CT molecular complexity index is 701. The number of thiazole rings is 1. The molecule has 2 unspecified atom stereocenters. The smallest absolute Gasteiger partial charge is 0.186 e. The topological polar surface area (TPSA) is 40.2 Å². The fourth-order valence-electron chi connectivity index (χ4n) is 3.53. The molecular weight excluding hydrogens is 347 g/mol. The lowest BCUT2D eigenvalue weighted by molar-refractivity contribution is 0.347.